The number of hydrogen-bond donors (Lipinski definition) is 3. The van der Waals surface area contributed by atoms with Gasteiger partial charge in [0.1, 0.15) is 6.04 Å². The number of hydrogen-bond acceptors (Lipinski definition) is 4. The van der Waals surface area contributed by atoms with E-state index in [1.807, 2.05) is 24.3 Å². The average Bonchev–Trinajstić information content (AvgIpc) is 3.12. The lowest BCUT2D eigenvalue weighted by molar-refractivity contribution is -0.143. The summed E-state index contributed by atoms with van der Waals surface area (Å²) in [6.45, 7) is 6.91. The molecule has 5 atom stereocenters. The predicted octanol–water partition coefficient (Wildman–Crippen LogP) is 2.52. The maximum absolute atomic E-state index is 13.2. The highest BCUT2D eigenvalue weighted by molar-refractivity contribution is 6.30. The average molecular weight is 471 g/mol. The molecular formula is C24H39ClN2O5. The first kappa shape index (κ1) is 28.4. The van der Waals surface area contributed by atoms with E-state index in [2.05, 4.69) is 19.2 Å². The standard InChI is InChI=1S/C23H33ClN2O4.CH4.H2O/c1-14(27)20(25-21(29)16-6-9-18(28)12-16)22(30)26-11-10-19(23(2,3)13-26)15-4-7-17(24)8-5-15;;/h4-5,7-8,14,16,18-20,27-28H,6,9-13H2,1-3H3,(H,25,29);1H4;1H2/t14?,16-,18+,19?,20-;;/m1../s1. The van der Waals surface area contributed by atoms with Gasteiger partial charge in [-0.1, -0.05) is 45.0 Å². The molecule has 1 saturated carbocycles. The number of amides is 2. The summed E-state index contributed by atoms with van der Waals surface area (Å²) in [6.07, 6.45) is 0.950. The second-order valence-electron chi connectivity index (χ2n) is 9.53. The van der Waals surface area contributed by atoms with Gasteiger partial charge >= 0.3 is 0 Å². The second-order valence-corrected chi connectivity index (χ2v) is 9.97. The zero-order valence-corrected chi connectivity index (χ0v) is 19.2. The first-order valence-corrected chi connectivity index (χ1v) is 11.2. The molecule has 5 N–H and O–H groups in total. The minimum atomic E-state index is -0.995. The molecule has 1 aromatic carbocycles. The van der Waals surface area contributed by atoms with Crippen LogP contribution in [-0.2, 0) is 9.59 Å². The van der Waals surface area contributed by atoms with Gasteiger partial charge in [0, 0.05) is 24.0 Å². The number of likely N-dealkylation sites (tertiary alicyclic amines) is 1. The number of aliphatic hydroxyl groups is 2. The fraction of sp³-hybridized carbons (Fsp3) is 0.667. The second kappa shape index (κ2) is 11.5. The summed E-state index contributed by atoms with van der Waals surface area (Å²) in [6, 6.07) is 6.90. The van der Waals surface area contributed by atoms with E-state index in [-0.39, 0.29) is 36.1 Å². The number of carbonyl (C=O) groups is 2. The third kappa shape index (κ3) is 6.44. The highest BCUT2D eigenvalue weighted by Gasteiger charge is 2.41. The zero-order chi connectivity index (χ0) is 22.1. The van der Waals surface area contributed by atoms with Crippen molar-refractivity contribution in [1.82, 2.24) is 10.2 Å². The third-order valence-electron chi connectivity index (χ3n) is 6.64. The Bertz CT molecular complexity index is 768. The molecule has 0 radical (unpaired) electrons. The number of rotatable bonds is 5. The third-order valence-corrected chi connectivity index (χ3v) is 6.89. The summed E-state index contributed by atoms with van der Waals surface area (Å²) < 4.78 is 0. The van der Waals surface area contributed by atoms with Crippen LogP contribution >= 0.6 is 11.6 Å². The van der Waals surface area contributed by atoms with Crippen molar-refractivity contribution in [3.63, 3.8) is 0 Å². The van der Waals surface area contributed by atoms with Crippen LogP contribution < -0.4 is 5.32 Å². The van der Waals surface area contributed by atoms with Gasteiger partial charge in [0.15, 0.2) is 0 Å². The van der Waals surface area contributed by atoms with E-state index < -0.39 is 18.2 Å². The Hall–Kier alpha value is -1.67. The van der Waals surface area contributed by atoms with Gasteiger partial charge in [-0.3, -0.25) is 9.59 Å². The van der Waals surface area contributed by atoms with Crippen molar-refractivity contribution in [2.24, 2.45) is 11.3 Å². The smallest absolute Gasteiger partial charge is 0.247 e. The molecular weight excluding hydrogens is 432 g/mol. The van der Waals surface area contributed by atoms with Gasteiger partial charge in [0.2, 0.25) is 11.8 Å². The molecule has 32 heavy (non-hydrogen) atoms. The SMILES string of the molecule is C.CC(O)[C@@H](NC(=O)[C@@H]1CC[C@H](O)C1)C(=O)N1CCC(c2ccc(Cl)cc2)C(C)(C)C1.O. The zero-order valence-electron chi connectivity index (χ0n) is 18.5. The number of carbonyl (C=O) groups excluding carboxylic acids is 2. The van der Waals surface area contributed by atoms with Crippen molar-refractivity contribution >= 4 is 23.4 Å². The summed E-state index contributed by atoms with van der Waals surface area (Å²) in [4.78, 5) is 27.5. The van der Waals surface area contributed by atoms with Crippen molar-refractivity contribution in [2.75, 3.05) is 13.1 Å². The van der Waals surface area contributed by atoms with Gasteiger partial charge in [-0.25, -0.2) is 0 Å². The summed E-state index contributed by atoms with van der Waals surface area (Å²) >= 11 is 6.02. The van der Waals surface area contributed by atoms with Crippen LogP contribution in [0.2, 0.25) is 5.02 Å². The molecule has 7 nitrogen and oxygen atoms in total. The monoisotopic (exact) mass is 470 g/mol. The maximum Gasteiger partial charge on any atom is 0.247 e. The first-order chi connectivity index (χ1) is 14.1. The number of benzene rings is 1. The Labute approximate surface area is 196 Å². The van der Waals surface area contributed by atoms with Gasteiger partial charge < -0.3 is 25.9 Å². The Morgan fingerprint density at radius 2 is 1.81 bits per heavy atom. The molecule has 1 aromatic rings. The van der Waals surface area contributed by atoms with Gasteiger partial charge in [0.05, 0.1) is 12.2 Å². The molecule has 2 unspecified atom stereocenters. The van der Waals surface area contributed by atoms with Crippen molar-refractivity contribution in [3.05, 3.63) is 34.9 Å². The molecule has 1 aliphatic heterocycles. The minimum absolute atomic E-state index is 0. The number of aliphatic hydroxyl groups excluding tert-OH is 2. The van der Waals surface area contributed by atoms with Crippen LogP contribution in [0, 0.1) is 11.3 Å². The van der Waals surface area contributed by atoms with E-state index in [0.29, 0.717) is 43.3 Å². The number of piperidine rings is 1. The van der Waals surface area contributed by atoms with Crippen LogP contribution in [-0.4, -0.2) is 63.7 Å². The Morgan fingerprint density at radius 1 is 1.19 bits per heavy atom. The molecule has 2 aliphatic rings. The topological polar surface area (TPSA) is 121 Å². The minimum Gasteiger partial charge on any atom is -0.412 e. The maximum atomic E-state index is 13.2. The first-order valence-electron chi connectivity index (χ1n) is 10.8. The molecule has 2 fully saturated rings. The highest BCUT2D eigenvalue weighted by atomic mass is 35.5. The number of nitrogens with one attached hydrogen (secondary N) is 1. The summed E-state index contributed by atoms with van der Waals surface area (Å²) in [5.41, 5.74) is 1.04. The van der Waals surface area contributed by atoms with E-state index in [1.165, 1.54) is 12.5 Å². The Kier molecular flexibility index (Phi) is 10.2. The predicted molar refractivity (Wildman–Crippen MR) is 126 cm³/mol. The molecule has 1 saturated heterocycles. The molecule has 0 bridgehead atoms. The molecule has 1 aliphatic carbocycles. The van der Waals surface area contributed by atoms with E-state index in [4.69, 9.17) is 11.6 Å². The van der Waals surface area contributed by atoms with Crippen molar-refractivity contribution < 1.29 is 25.3 Å². The van der Waals surface area contributed by atoms with E-state index in [9.17, 15) is 19.8 Å². The van der Waals surface area contributed by atoms with Crippen LogP contribution in [0.5, 0.6) is 0 Å². The Morgan fingerprint density at radius 3 is 2.31 bits per heavy atom. The quantitative estimate of drug-likeness (QED) is 0.612. The van der Waals surface area contributed by atoms with Gasteiger partial charge in [-0.05, 0) is 61.6 Å². The van der Waals surface area contributed by atoms with E-state index in [1.54, 1.807) is 4.90 Å². The molecule has 8 heteroatoms. The molecule has 1 heterocycles. The van der Waals surface area contributed by atoms with Crippen LogP contribution in [0.1, 0.15) is 65.4 Å². The molecule has 0 aromatic heterocycles. The molecule has 2 amide bonds. The van der Waals surface area contributed by atoms with Gasteiger partial charge in [-0.15, -0.1) is 0 Å². The lowest BCUT2D eigenvalue weighted by Crippen LogP contribution is -2.58. The fourth-order valence-corrected chi connectivity index (χ4v) is 5.04. The number of nitrogens with zero attached hydrogens (tertiary/aromatic N) is 1. The van der Waals surface area contributed by atoms with E-state index >= 15 is 0 Å². The molecule has 3 rings (SSSR count). The highest BCUT2D eigenvalue weighted by Crippen LogP contribution is 2.42. The summed E-state index contributed by atoms with van der Waals surface area (Å²) in [5, 5.41) is 23.4. The fourth-order valence-electron chi connectivity index (χ4n) is 4.91. The number of halogens is 1. The van der Waals surface area contributed by atoms with E-state index in [0.717, 1.165) is 6.42 Å². The van der Waals surface area contributed by atoms with Crippen molar-refractivity contribution in [2.45, 2.75) is 78.0 Å². The van der Waals surface area contributed by atoms with Crippen molar-refractivity contribution in [1.29, 1.82) is 0 Å². The van der Waals surface area contributed by atoms with Crippen LogP contribution in [0.25, 0.3) is 0 Å². The van der Waals surface area contributed by atoms with Crippen LogP contribution in [0.3, 0.4) is 0 Å². The lowest BCUT2D eigenvalue weighted by Gasteiger charge is -2.45. The lowest BCUT2D eigenvalue weighted by atomic mass is 9.70. The van der Waals surface area contributed by atoms with Crippen LogP contribution in [0.4, 0.5) is 0 Å². The van der Waals surface area contributed by atoms with Crippen LogP contribution in [0.15, 0.2) is 24.3 Å². The largest absolute Gasteiger partial charge is 0.412 e. The molecule has 182 valence electrons. The summed E-state index contributed by atoms with van der Waals surface area (Å²) in [5.74, 6) is -0.528. The van der Waals surface area contributed by atoms with Gasteiger partial charge in [-0.2, -0.15) is 0 Å². The van der Waals surface area contributed by atoms with Gasteiger partial charge in [0.25, 0.3) is 0 Å². The normalized spacial score (nSPS) is 26.3. The summed E-state index contributed by atoms with van der Waals surface area (Å²) in [7, 11) is 0. The van der Waals surface area contributed by atoms with Crippen molar-refractivity contribution in [3.8, 4) is 0 Å². The molecule has 0 spiro atoms. The Balaban J connectivity index is 0.00000256.